The summed E-state index contributed by atoms with van der Waals surface area (Å²) in [5, 5.41) is 3.51. The van der Waals surface area contributed by atoms with Crippen molar-refractivity contribution in [3.8, 4) is 0 Å². The fraction of sp³-hybridized carbons (Fsp3) is 0.444. The average molecular weight is 287 g/mol. The molecule has 21 heavy (non-hydrogen) atoms. The molecule has 1 N–H and O–H groups in total. The Bertz CT molecular complexity index is 574. The molecule has 1 unspecified atom stereocenters. The van der Waals surface area contributed by atoms with Crippen LogP contribution in [0.2, 0.25) is 0 Å². The van der Waals surface area contributed by atoms with Crippen LogP contribution in [-0.4, -0.2) is 13.7 Å². The van der Waals surface area contributed by atoms with Crippen LogP contribution >= 0.6 is 0 Å². The Kier molecular flexibility index (Phi) is 5.59. The first-order valence-electron chi connectivity index (χ1n) is 7.51. The molecule has 0 spiro atoms. The van der Waals surface area contributed by atoms with Gasteiger partial charge in [0, 0.05) is 7.11 Å². The molecule has 3 nitrogen and oxygen atoms in total. The van der Waals surface area contributed by atoms with Gasteiger partial charge in [0.25, 0.3) is 0 Å². The topological polar surface area (TPSA) is 34.4 Å². The van der Waals surface area contributed by atoms with Gasteiger partial charge in [-0.15, -0.1) is 0 Å². The molecule has 0 amide bonds. The minimum absolute atomic E-state index is 0.195. The number of likely N-dealkylation sites (N-methyl/N-ethyl adjacent to an activating group) is 1. The summed E-state index contributed by atoms with van der Waals surface area (Å²) in [7, 11) is 1.68. The summed E-state index contributed by atoms with van der Waals surface area (Å²) in [5.41, 5.74) is 3.99. The fourth-order valence-corrected chi connectivity index (χ4v) is 2.56. The van der Waals surface area contributed by atoms with Gasteiger partial charge in [0.05, 0.1) is 6.04 Å². The lowest BCUT2D eigenvalue weighted by molar-refractivity contribution is 0.161. The summed E-state index contributed by atoms with van der Waals surface area (Å²) < 4.78 is 11.0. The minimum Gasteiger partial charge on any atom is -0.462 e. The first-order chi connectivity index (χ1) is 10.1. The molecule has 0 radical (unpaired) electrons. The lowest BCUT2D eigenvalue weighted by Gasteiger charge is -2.17. The molecule has 0 fully saturated rings. The maximum Gasteiger partial charge on any atom is 0.129 e. The molecule has 1 aromatic heterocycles. The average Bonchev–Trinajstić information content (AvgIpc) is 2.91. The van der Waals surface area contributed by atoms with Crippen LogP contribution in [0.1, 0.15) is 41.2 Å². The van der Waals surface area contributed by atoms with Gasteiger partial charge < -0.3 is 14.5 Å². The zero-order chi connectivity index (χ0) is 15.2. The largest absolute Gasteiger partial charge is 0.462 e. The fourth-order valence-electron chi connectivity index (χ4n) is 2.56. The van der Waals surface area contributed by atoms with Crippen LogP contribution in [0.25, 0.3) is 0 Å². The van der Waals surface area contributed by atoms with E-state index in [0.717, 1.165) is 24.5 Å². The highest BCUT2D eigenvalue weighted by atomic mass is 16.5. The van der Waals surface area contributed by atoms with E-state index in [1.807, 2.05) is 12.1 Å². The molecule has 0 saturated heterocycles. The molecule has 1 heterocycles. The number of rotatable bonds is 7. The Balaban J connectivity index is 2.19. The van der Waals surface area contributed by atoms with E-state index in [1.54, 1.807) is 7.11 Å². The first-order valence-corrected chi connectivity index (χ1v) is 7.51. The molecule has 0 aliphatic heterocycles. The van der Waals surface area contributed by atoms with E-state index in [0.29, 0.717) is 6.61 Å². The van der Waals surface area contributed by atoms with Crippen molar-refractivity contribution >= 4 is 0 Å². The molecule has 114 valence electrons. The molecule has 0 saturated carbocycles. The van der Waals surface area contributed by atoms with E-state index in [1.165, 1.54) is 16.7 Å². The Morgan fingerprint density at radius 1 is 1.19 bits per heavy atom. The monoisotopic (exact) mass is 287 g/mol. The zero-order valence-corrected chi connectivity index (χ0v) is 13.4. The van der Waals surface area contributed by atoms with Gasteiger partial charge in [0.1, 0.15) is 18.1 Å². The molecular formula is C18H25NO2. The maximum atomic E-state index is 5.89. The minimum atomic E-state index is 0.195. The third-order valence-corrected chi connectivity index (χ3v) is 3.69. The normalized spacial score (nSPS) is 12.6. The molecule has 2 aromatic rings. The second kappa shape index (κ2) is 7.43. The van der Waals surface area contributed by atoms with Crippen molar-refractivity contribution in [2.75, 3.05) is 13.7 Å². The van der Waals surface area contributed by atoms with Gasteiger partial charge in [-0.05, 0) is 50.1 Å². The van der Waals surface area contributed by atoms with Crippen LogP contribution < -0.4 is 5.32 Å². The van der Waals surface area contributed by atoms with Crippen molar-refractivity contribution in [1.82, 2.24) is 5.32 Å². The lowest BCUT2D eigenvalue weighted by atomic mass is 9.98. The zero-order valence-electron chi connectivity index (χ0n) is 13.4. The number of nitrogens with one attached hydrogen (secondary N) is 1. The van der Waals surface area contributed by atoms with Crippen LogP contribution in [0.15, 0.2) is 34.7 Å². The second-order valence-electron chi connectivity index (χ2n) is 5.48. The summed E-state index contributed by atoms with van der Waals surface area (Å²) in [6.45, 7) is 7.85. The summed E-state index contributed by atoms with van der Waals surface area (Å²) in [6, 6.07) is 10.8. The van der Waals surface area contributed by atoms with Gasteiger partial charge in [-0.2, -0.15) is 0 Å². The van der Waals surface area contributed by atoms with E-state index < -0.39 is 0 Å². The number of furan rings is 1. The Morgan fingerprint density at radius 2 is 2.00 bits per heavy atom. The van der Waals surface area contributed by atoms with Crippen LogP contribution in [0.5, 0.6) is 0 Å². The lowest BCUT2D eigenvalue weighted by Crippen LogP contribution is -2.22. The van der Waals surface area contributed by atoms with Gasteiger partial charge in [-0.1, -0.05) is 30.7 Å². The number of methoxy groups -OCH3 is 1. The number of hydrogen-bond acceptors (Lipinski definition) is 3. The van der Waals surface area contributed by atoms with Crippen molar-refractivity contribution in [3.05, 3.63) is 58.5 Å². The highest BCUT2D eigenvalue weighted by Gasteiger charge is 2.16. The predicted octanol–water partition coefficient (Wildman–Crippen LogP) is 3.94. The third kappa shape index (κ3) is 4.19. The highest BCUT2D eigenvalue weighted by molar-refractivity contribution is 5.32. The van der Waals surface area contributed by atoms with Crippen molar-refractivity contribution in [3.63, 3.8) is 0 Å². The molecule has 0 aliphatic carbocycles. The quantitative estimate of drug-likeness (QED) is 0.837. The molecular weight excluding hydrogens is 262 g/mol. The Morgan fingerprint density at radius 3 is 2.71 bits per heavy atom. The summed E-state index contributed by atoms with van der Waals surface area (Å²) >= 11 is 0. The van der Waals surface area contributed by atoms with Crippen molar-refractivity contribution in [2.24, 2.45) is 0 Å². The van der Waals surface area contributed by atoms with Gasteiger partial charge in [-0.3, -0.25) is 0 Å². The summed E-state index contributed by atoms with van der Waals surface area (Å²) in [6.07, 6.45) is 0.932. The highest BCUT2D eigenvalue weighted by Crippen LogP contribution is 2.23. The second-order valence-corrected chi connectivity index (χ2v) is 5.48. The number of hydrogen-bond donors (Lipinski definition) is 1. The summed E-state index contributed by atoms with van der Waals surface area (Å²) in [5.74, 6) is 1.85. The molecule has 2 rings (SSSR count). The molecule has 3 heteroatoms. The number of aryl methyl sites for hydroxylation is 2. The number of benzene rings is 1. The number of ether oxygens (including phenoxy) is 1. The van der Waals surface area contributed by atoms with E-state index in [-0.39, 0.29) is 6.04 Å². The van der Waals surface area contributed by atoms with Crippen LogP contribution in [-0.2, 0) is 17.8 Å². The first kappa shape index (κ1) is 15.8. The van der Waals surface area contributed by atoms with Crippen molar-refractivity contribution in [1.29, 1.82) is 0 Å². The standard InChI is InChI=1S/C18H25NO2/c1-5-19-17(18-9-8-16(21-18)12-20-4)11-15-10-13(2)6-7-14(15)3/h6-10,17,19H,5,11-12H2,1-4H3. The molecule has 0 aliphatic rings. The van der Waals surface area contributed by atoms with E-state index >= 15 is 0 Å². The van der Waals surface area contributed by atoms with Crippen molar-refractivity contribution in [2.45, 2.75) is 39.8 Å². The van der Waals surface area contributed by atoms with Crippen LogP contribution in [0.3, 0.4) is 0 Å². The molecule has 0 bridgehead atoms. The van der Waals surface area contributed by atoms with Crippen molar-refractivity contribution < 1.29 is 9.15 Å². The Labute approximate surface area is 127 Å². The van der Waals surface area contributed by atoms with Crippen LogP contribution in [0, 0.1) is 13.8 Å². The smallest absolute Gasteiger partial charge is 0.129 e. The van der Waals surface area contributed by atoms with E-state index in [4.69, 9.17) is 9.15 Å². The Hall–Kier alpha value is -1.58. The van der Waals surface area contributed by atoms with E-state index in [9.17, 15) is 0 Å². The van der Waals surface area contributed by atoms with Gasteiger partial charge >= 0.3 is 0 Å². The predicted molar refractivity (Wildman–Crippen MR) is 85.5 cm³/mol. The van der Waals surface area contributed by atoms with E-state index in [2.05, 4.69) is 44.3 Å². The SMILES string of the molecule is CCNC(Cc1cc(C)ccc1C)c1ccc(COC)o1. The van der Waals surface area contributed by atoms with Gasteiger partial charge in [0.15, 0.2) is 0 Å². The van der Waals surface area contributed by atoms with Crippen LogP contribution in [0.4, 0.5) is 0 Å². The maximum absolute atomic E-state index is 5.89. The summed E-state index contributed by atoms with van der Waals surface area (Å²) in [4.78, 5) is 0. The van der Waals surface area contributed by atoms with Gasteiger partial charge in [-0.25, -0.2) is 0 Å². The van der Waals surface area contributed by atoms with Gasteiger partial charge in [0.2, 0.25) is 0 Å². The molecule has 1 atom stereocenters. The molecule has 1 aromatic carbocycles. The third-order valence-electron chi connectivity index (χ3n) is 3.69.